The first-order valence-corrected chi connectivity index (χ1v) is 7.73. The Morgan fingerprint density at radius 1 is 1.62 bits per heavy atom. The third-order valence-electron chi connectivity index (χ3n) is 2.65. The van der Waals surface area contributed by atoms with Gasteiger partial charge in [-0.1, -0.05) is 0 Å². The van der Waals surface area contributed by atoms with E-state index in [1.807, 2.05) is 22.5 Å². The molecule has 88 valence electrons. The molecule has 0 radical (unpaired) electrons. The van der Waals surface area contributed by atoms with Gasteiger partial charge in [-0.25, -0.2) is 4.98 Å². The van der Waals surface area contributed by atoms with E-state index in [4.69, 9.17) is 0 Å². The van der Waals surface area contributed by atoms with Gasteiger partial charge in [0.05, 0.1) is 11.7 Å². The molecule has 2 heterocycles. The van der Waals surface area contributed by atoms with Gasteiger partial charge in [0.1, 0.15) is 5.82 Å². The van der Waals surface area contributed by atoms with Crippen LogP contribution in [0.1, 0.15) is 12.7 Å². The van der Waals surface area contributed by atoms with Gasteiger partial charge >= 0.3 is 0 Å². The number of Topliss-reactive ketones (excluding diaryl/α,β-unsaturated/α-hetero) is 1. The van der Waals surface area contributed by atoms with Crippen LogP contribution in [0.3, 0.4) is 0 Å². The summed E-state index contributed by atoms with van der Waals surface area (Å²) in [7, 11) is 0. The fourth-order valence-electron chi connectivity index (χ4n) is 1.74. The maximum atomic E-state index is 12.0. The molecule has 0 saturated carbocycles. The summed E-state index contributed by atoms with van der Waals surface area (Å²) < 4.78 is 2.04. The van der Waals surface area contributed by atoms with Crippen LogP contribution in [0, 0.1) is 0 Å². The Labute approximate surface area is 104 Å². The Bertz CT molecular complexity index is 359. The van der Waals surface area contributed by atoms with Gasteiger partial charge < -0.3 is 4.57 Å². The maximum absolute atomic E-state index is 12.0. The summed E-state index contributed by atoms with van der Waals surface area (Å²) >= 11 is 3.68. The van der Waals surface area contributed by atoms with E-state index < -0.39 is 0 Å². The van der Waals surface area contributed by atoms with Crippen molar-refractivity contribution in [3.8, 4) is 0 Å². The van der Waals surface area contributed by atoms with E-state index in [1.165, 1.54) is 5.75 Å². The van der Waals surface area contributed by atoms with Gasteiger partial charge in [-0.05, 0) is 6.92 Å². The number of carbonyl (C=O) groups excluding carboxylic acids is 1. The first-order valence-electron chi connectivity index (χ1n) is 5.53. The summed E-state index contributed by atoms with van der Waals surface area (Å²) in [6, 6.07) is 0. The Kier molecular flexibility index (Phi) is 4.35. The summed E-state index contributed by atoms with van der Waals surface area (Å²) in [6.45, 7) is 2.95. The van der Waals surface area contributed by atoms with Gasteiger partial charge in [0, 0.05) is 36.2 Å². The Morgan fingerprint density at radius 3 is 3.19 bits per heavy atom. The van der Waals surface area contributed by atoms with Crippen molar-refractivity contribution in [1.82, 2.24) is 9.55 Å². The van der Waals surface area contributed by atoms with Crippen molar-refractivity contribution < 1.29 is 4.79 Å². The summed E-state index contributed by atoms with van der Waals surface area (Å²) in [4.78, 5) is 16.3. The number of hydrogen-bond donors (Lipinski definition) is 0. The first kappa shape index (κ1) is 12.0. The summed E-state index contributed by atoms with van der Waals surface area (Å²) in [5, 5.41) is 0.181. The van der Waals surface area contributed by atoms with Gasteiger partial charge in [0.15, 0.2) is 5.78 Å². The van der Waals surface area contributed by atoms with Gasteiger partial charge in [0.2, 0.25) is 0 Å². The van der Waals surface area contributed by atoms with Crippen molar-refractivity contribution in [1.29, 1.82) is 0 Å². The van der Waals surface area contributed by atoms with Crippen LogP contribution in [0.5, 0.6) is 0 Å². The van der Waals surface area contributed by atoms with Crippen LogP contribution in [0.25, 0.3) is 0 Å². The number of imidazole rings is 1. The molecule has 5 heteroatoms. The lowest BCUT2D eigenvalue weighted by molar-refractivity contribution is -0.117. The van der Waals surface area contributed by atoms with Gasteiger partial charge in [-0.2, -0.15) is 11.8 Å². The second kappa shape index (κ2) is 5.77. The number of carbonyl (C=O) groups is 1. The van der Waals surface area contributed by atoms with Crippen molar-refractivity contribution >= 4 is 29.3 Å². The highest BCUT2D eigenvalue weighted by atomic mass is 32.2. The molecule has 0 N–H and O–H groups in total. The number of ketones is 1. The van der Waals surface area contributed by atoms with Crippen molar-refractivity contribution in [3.05, 3.63) is 18.2 Å². The normalized spacial score (nSPS) is 20.9. The maximum Gasteiger partial charge on any atom is 0.154 e. The highest BCUT2D eigenvalue weighted by molar-refractivity contribution is 8.07. The number of hydrogen-bond acceptors (Lipinski definition) is 4. The predicted octanol–water partition coefficient (Wildman–Crippen LogP) is 1.86. The molecule has 1 unspecified atom stereocenters. The van der Waals surface area contributed by atoms with E-state index in [1.54, 1.807) is 18.0 Å². The van der Waals surface area contributed by atoms with Crippen LogP contribution in [-0.4, -0.2) is 37.8 Å². The molecule has 1 aromatic rings. The van der Waals surface area contributed by atoms with Crippen LogP contribution < -0.4 is 0 Å². The van der Waals surface area contributed by atoms with Crippen molar-refractivity contribution in [2.24, 2.45) is 0 Å². The molecule has 1 atom stereocenters. The van der Waals surface area contributed by atoms with Crippen LogP contribution in [0.15, 0.2) is 12.4 Å². The SMILES string of the molecule is CCn1ccnc1CC(=O)C1CSCCS1. The lowest BCUT2D eigenvalue weighted by Gasteiger charge is -2.19. The van der Waals surface area contributed by atoms with Crippen LogP contribution >= 0.6 is 23.5 Å². The molecule has 0 bridgehead atoms. The average Bonchev–Trinajstić information content (AvgIpc) is 2.77. The summed E-state index contributed by atoms with van der Waals surface area (Å²) in [5.74, 6) is 4.49. The Morgan fingerprint density at radius 2 is 2.50 bits per heavy atom. The molecule has 2 rings (SSSR count). The molecule has 1 aliphatic heterocycles. The molecule has 0 aromatic carbocycles. The number of rotatable bonds is 4. The molecular formula is C11H16N2OS2. The molecule has 0 spiro atoms. The van der Waals surface area contributed by atoms with Crippen LogP contribution in [-0.2, 0) is 17.8 Å². The Hall–Kier alpha value is -0.420. The Balaban J connectivity index is 1.95. The fourth-order valence-corrected chi connectivity index (χ4v) is 4.39. The largest absolute Gasteiger partial charge is 0.335 e. The van der Waals surface area contributed by atoms with Crippen molar-refractivity contribution in [3.63, 3.8) is 0 Å². The number of aromatic nitrogens is 2. The second-order valence-corrected chi connectivity index (χ2v) is 6.17. The van der Waals surface area contributed by atoms with Crippen molar-refractivity contribution in [2.45, 2.75) is 25.1 Å². The molecule has 3 nitrogen and oxygen atoms in total. The molecule has 16 heavy (non-hydrogen) atoms. The van der Waals surface area contributed by atoms with Crippen molar-refractivity contribution in [2.75, 3.05) is 17.3 Å². The lowest BCUT2D eigenvalue weighted by Crippen LogP contribution is -2.26. The zero-order valence-electron chi connectivity index (χ0n) is 9.39. The molecule has 0 amide bonds. The molecular weight excluding hydrogens is 240 g/mol. The zero-order chi connectivity index (χ0) is 11.4. The fraction of sp³-hybridized carbons (Fsp3) is 0.636. The van der Waals surface area contributed by atoms with Gasteiger partial charge in [-0.15, -0.1) is 11.8 Å². The predicted molar refractivity (Wildman–Crippen MR) is 70.2 cm³/mol. The van der Waals surface area contributed by atoms with E-state index in [0.29, 0.717) is 12.2 Å². The minimum Gasteiger partial charge on any atom is -0.335 e. The van der Waals surface area contributed by atoms with Crippen LogP contribution in [0.2, 0.25) is 0 Å². The topological polar surface area (TPSA) is 34.9 Å². The standard InChI is InChI=1S/C11H16N2OS2/c1-2-13-4-3-12-11(13)7-9(14)10-8-15-5-6-16-10/h3-4,10H,2,5-8H2,1H3. The third-order valence-corrected chi connectivity index (χ3v) is 5.45. The van der Waals surface area contributed by atoms with E-state index in [0.717, 1.165) is 23.9 Å². The average molecular weight is 256 g/mol. The minimum atomic E-state index is 0.181. The zero-order valence-corrected chi connectivity index (χ0v) is 11.0. The molecule has 1 saturated heterocycles. The number of aryl methyl sites for hydroxylation is 1. The lowest BCUT2D eigenvalue weighted by atomic mass is 10.2. The van der Waals surface area contributed by atoms with Crippen LogP contribution in [0.4, 0.5) is 0 Å². The molecule has 1 aromatic heterocycles. The summed E-state index contributed by atoms with van der Waals surface area (Å²) in [5.41, 5.74) is 0. The molecule has 1 aliphatic rings. The van der Waals surface area contributed by atoms with E-state index >= 15 is 0 Å². The monoisotopic (exact) mass is 256 g/mol. The quantitative estimate of drug-likeness (QED) is 0.823. The highest BCUT2D eigenvalue weighted by Crippen LogP contribution is 2.25. The summed E-state index contributed by atoms with van der Waals surface area (Å²) in [6.07, 6.45) is 4.19. The minimum absolute atomic E-state index is 0.181. The molecule has 0 aliphatic carbocycles. The first-order chi connectivity index (χ1) is 7.81. The van der Waals surface area contributed by atoms with Gasteiger partial charge in [0.25, 0.3) is 0 Å². The van der Waals surface area contributed by atoms with E-state index in [-0.39, 0.29) is 5.25 Å². The number of thioether (sulfide) groups is 2. The second-order valence-electron chi connectivity index (χ2n) is 3.71. The van der Waals surface area contributed by atoms with Gasteiger partial charge in [-0.3, -0.25) is 4.79 Å². The third kappa shape index (κ3) is 2.83. The highest BCUT2D eigenvalue weighted by Gasteiger charge is 2.23. The smallest absolute Gasteiger partial charge is 0.154 e. The van der Waals surface area contributed by atoms with E-state index in [2.05, 4.69) is 11.9 Å². The van der Waals surface area contributed by atoms with E-state index in [9.17, 15) is 4.79 Å². The number of nitrogens with zero attached hydrogens (tertiary/aromatic N) is 2. The molecule has 1 fully saturated rings.